The lowest BCUT2D eigenvalue weighted by atomic mass is 10.00. The highest BCUT2D eigenvalue weighted by Crippen LogP contribution is 2.34. The molecule has 2 N–H and O–H groups in total. The molecule has 1 heterocycles. The van der Waals surface area contributed by atoms with Crippen LogP contribution in [0.3, 0.4) is 0 Å². The molecule has 0 aliphatic rings. The highest BCUT2D eigenvalue weighted by molar-refractivity contribution is 6.00. The van der Waals surface area contributed by atoms with Gasteiger partial charge in [-0.3, -0.25) is 4.79 Å². The standard InChI is InChI=1S/C21H20F3N3O4/c1-12-6-4-5-7-17(12)27(3)11-20(30,21(22,23)24)19(29)25-14-8-9-15-16(10-14)13(2)26-31-18(15)28/h4-10,30H,11H2,1-3H3,(H,25,29). The molecule has 3 aromatic rings. The second kappa shape index (κ2) is 8.03. The maximum Gasteiger partial charge on any atom is 0.428 e. The first-order valence-electron chi connectivity index (χ1n) is 9.22. The van der Waals surface area contributed by atoms with Crippen molar-refractivity contribution in [2.45, 2.75) is 25.6 Å². The van der Waals surface area contributed by atoms with E-state index < -0.39 is 29.9 Å². The Kier molecular flexibility index (Phi) is 5.77. The molecule has 0 fully saturated rings. The molecule has 31 heavy (non-hydrogen) atoms. The van der Waals surface area contributed by atoms with Crippen LogP contribution in [-0.2, 0) is 4.79 Å². The second-order valence-electron chi connectivity index (χ2n) is 7.27. The number of nitrogens with one attached hydrogen (secondary N) is 1. The van der Waals surface area contributed by atoms with Gasteiger partial charge in [-0.05, 0) is 43.7 Å². The van der Waals surface area contributed by atoms with Gasteiger partial charge < -0.3 is 19.8 Å². The summed E-state index contributed by atoms with van der Waals surface area (Å²) in [6.07, 6.45) is -5.25. The fraction of sp³-hybridized carbons (Fsp3) is 0.286. The average Bonchev–Trinajstić information content (AvgIpc) is 2.70. The summed E-state index contributed by atoms with van der Waals surface area (Å²) in [4.78, 5) is 25.5. The van der Waals surface area contributed by atoms with Gasteiger partial charge >= 0.3 is 11.8 Å². The zero-order valence-electron chi connectivity index (χ0n) is 16.9. The van der Waals surface area contributed by atoms with Crippen LogP contribution in [0.5, 0.6) is 0 Å². The Hall–Kier alpha value is -3.40. The van der Waals surface area contributed by atoms with Gasteiger partial charge in [0.25, 0.3) is 11.5 Å². The average molecular weight is 435 g/mol. The Balaban J connectivity index is 1.93. The van der Waals surface area contributed by atoms with E-state index in [1.165, 1.54) is 30.1 Å². The number of carbonyl (C=O) groups excluding carboxylic acids is 1. The van der Waals surface area contributed by atoms with E-state index in [1.54, 1.807) is 38.1 Å². The zero-order chi connectivity index (χ0) is 23.0. The van der Waals surface area contributed by atoms with Crippen LogP contribution in [0.15, 0.2) is 51.8 Å². The fourth-order valence-corrected chi connectivity index (χ4v) is 3.25. The summed E-state index contributed by atoms with van der Waals surface area (Å²) >= 11 is 0. The van der Waals surface area contributed by atoms with E-state index >= 15 is 0 Å². The van der Waals surface area contributed by atoms with Gasteiger partial charge in [-0.2, -0.15) is 13.2 Å². The lowest BCUT2D eigenvalue weighted by Gasteiger charge is -2.34. The van der Waals surface area contributed by atoms with E-state index in [-0.39, 0.29) is 11.1 Å². The summed E-state index contributed by atoms with van der Waals surface area (Å²) in [6.45, 7) is 2.23. The quantitative estimate of drug-likeness (QED) is 0.639. The number of aliphatic hydroxyl groups is 1. The molecule has 1 aromatic heterocycles. The number of aromatic nitrogens is 1. The molecule has 0 radical (unpaired) electrons. The first kappa shape index (κ1) is 22.3. The predicted octanol–water partition coefficient (Wildman–Crippen LogP) is 3.17. The molecule has 0 saturated heterocycles. The van der Waals surface area contributed by atoms with Crippen molar-refractivity contribution in [3.8, 4) is 0 Å². The third-order valence-corrected chi connectivity index (χ3v) is 4.99. The van der Waals surface area contributed by atoms with Crippen molar-refractivity contribution in [3.63, 3.8) is 0 Å². The van der Waals surface area contributed by atoms with Crippen molar-refractivity contribution in [2.75, 3.05) is 23.8 Å². The summed E-state index contributed by atoms with van der Waals surface area (Å²) in [7, 11) is 1.36. The van der Waals surface area contributed by atoms with E-state index in [0.717, 1.165) is 0 Å². The molecule has 0 bridgehead atoms. The summed E-state index contributed by atoms with van der Waals surface area (Å²) < 4.78 is 46.0. The number of alkyl halides is 3. The van der Waals surface area contributed by atoms with Gasteiger partial charge in [0.15, 0.2) is 0 Å². The van der Waals surface area contributed by atoms with Crippen molar-refractivity contribution in [2.24, 2.45) is 0 Å². The number of halogens is 3. The number of aryl methyl sites for hydroxylation is 2. The van der Waals surface area contributed by atoms with Crippen molar-refractivity contribution < 1.29 is 27.6 Å². The van der Waals surface area contributed by atoms with Gasteiger partial charge in [0, 0.05) is 23.8 Å². The van der Waals surface area contributed by atoms with Crippen LogP contribution >= 0.6 is 0 Å². The minimum Gasteiger partial charge on any atom is -0.371 e. The fourth-order valence-electron chi connectivity index (χ4n) is 3.25. The zero-order valence-corrected chi connectivity index (χ0v) is 16.9. The van der Waals surface area contributed by atoms with Crippen LogP contribution in [0.1, 0.15) is 11.3 Å². The number of likely N-dealkylation sites (N-methyl/N-ethyl adjacent to an activating group) is 1. The maximum absolute atomic E-state index is 13.8. The van der Waals surface area contributed by atoms with E-state index in [1.807, 2.05) is 0 Å². The molecule has 0 saturated carbocycles. The summed E-state index contributed by atoms with van der Waals surface area (Å²) in [5.74, 6) is -1.65. The van der Waals surface area contributed by atoms with Gasteiger partial charge in [0.05, 0.1) is 17.6 Å². The van der Waals surface area contributed by atoms with Crippen molar-refractivity contribution >= 4 is 28.1 Å². The Morgan fingerprint density at radius 3 is 2.48 bits per heavy atom. The number of fused-ring (bicyclic) bond motifs is 1. The number of nitrogens with zero attached hydrogens (tertiary/aromatic N) is 2. The van der Waals surface area contributed by atoms with Gasteiger partial charge in [-0.15, -0.1) is 0 Å². The number of para-hydroxylation sites is 1. The largest absolute Gasteiger partial charge is 0.428 e. The van der Waals surface area contributed by atoms with E-state index in [4.69, 9.17) is 0 Å². The minimum absolute atomic E-state index is 0.0331. The SMILES string of the molecule is Cc1ccccc1N(C)CC(O)(C(=O)Nc1ccc2c(=O)onc(C)c2c1)C(F)(F)F. The van der Waals surface area contributed by atoms with Crippen LogP contribution in [0.4, 0.5) is 24.5 Å². The second-order valence-corrected chi connectivity index (χ2v) is 7.27. The molecule has 1 unspecified atom stereocenters. The molecular formula is C21H20F3N3O4. The monoisotopic (exact) mass is 435 g/mol. The molecule has 0 aliphatic carbocycles. The lowest BCUT2D eigenvalue weighted by molar-refractivity contribution is -0.245. The predicted molar refractivity (Wildman–Crippen MR) is 109 cm³/mol. The molecule has 10 heteroatoms. The molecule has 0 aliphatic heterocycles. The molecule has 0 spiro atoms. The molecule has 3 rings (SSSR count). The molecular weight excluding hydrogens is 415 g/mol. The number of hydrogen-bond donors (Lipinski definition) is 2. The summed E-state index contributed by atoms with van der Waals surface area (Å²) in [5.41, 5.74) is -3.00. The van der Waals surface area contributed by atoms with Crippen LogP contribution < -0.4 is 15.8 Å². The van der Waals surface area contributed by atoms with Crippen molar-refractivity contribution in [1.29, 1.82) is 0 Å². The number of rotatable bonds is 5. The Bertz CT molecular complexity index is 1190. The van der Waals surface area contributed by atoms with E-state index in [2.05, 4.69) is 15.0 Å². The third kappa shape index (κ3) is 4.24. The highest BCUT2D eigenvalue weighted by Gasteiger charge is 2.60. The summed E-state index contributed by atoms with van der Waals surface area (Å²) in [5, 5.41) is 16.6. The maximum atomic E-state index is 13.8. The van der Waals surface area contributed by atoms with Crippen LogP contribution in [0, 0.1) is 13.8 Å². The first-order chi connectivity index (χ1) is 14.4. The number of anilines is 2. The normalized spacial score (nSPS) is 13.6. The smallest absolute Gasteiger partial charge is 0.371 e. The Morgan fingerprint density at radius 1 is 1.16 bits per heavy atom. The van der Waals surface area contributed by atoms with E-state index in [9.17, 15) is 27.9 Å². The van der Waals surface area contributed by atoms with Crippen LogP contribution in [0.2, 0.25) is 0 Å². The van der Waals surface area contributed by atoms with Crippen molar-refractivity contribution in [1.82, 2.24) is 5.16 Å². The third-order valence-electron chi connectivity index (χ3n) is 4.99. The van der Waals surface area contributed by atoms with Crippen molar-refractivity contribution in [3.05, 3.63) is 64.1 Å². The van der Waals surface area contributed by atoms with Gasteiger partial charge in [-0.25, -0.2) is 4.79 Å². The number of hydrogen-bond acceptors (Lipinski definition) is 6. The molecule has 1 atom stereocenters. The molecule has 164 valence electrons. The lowest BCUT2D eigenvalue weighted by Crippen LogP contribution is -2.60. The Labute approximate surface area is 175 Å². The molecule has 2 aromatic carbocycles. The number of carbonyl (C=O) groups is 1. The Morgan fingerprint density at radius 2 is 1.84 bits per heavy atom. The van der Waals surface area contributed by atoms with Gasteiger partial charge in [0.2, 0.25) is 0 Å². The topological polar surface area (TPSA) is 95.7 Å². The van der Waals surface area contributed by atoms with Gasteiger partial charge in [0.1, 0.15) is 0 Å². The van der Waals surface area contributed by atoms with Crippen LogP contribution in [0.25, 0.3) is 10.8 Å². The first-order valence-corrected chi connectivity index (χ1v) is 9.22. The van der Waals surface area contributed by atoms with Gasteiger partial charge in [-0.1, -0.05) is 23.4 Å². The molecule has 7 nitrogen and oxygen atoms in total. The number of benzene rings is 2. The van der Waals surface area contributed by atoms with Crippen LogP contribution in [-0.4, -0.2) is 41.5 Å². The minimum atomic E-state index is -5.25. The number of amides is 1. The molecule has 1 amide bonds. The highest BCUT2D eigenvalue weighted by atomic mass is 19.4. The summed E-state index contributed by atoms with van der Waals surface area (Å²) in [6, 6.07) is 10.5. The van der Waals surface area contributed by atoms with E-state index in [0.29, 0.717) is 22.3 Å².